The number of halogens is 4. The van der Waals surface area contributed by atoms with Gasteiger partial charge in [-0.25, -0.2) is 29.9 Å². The Balaban J connectivity index is 0.000000560. The van der Waals surface area contributed by atoms with E-state index >= 15 is 0 Å². The molecule has 9 rings (SSSR count). The molecule has 5 heterocycles. The van der Waals surface area contributed by atoms with Crippen LogP contribution in [0.25, 0.3) is 89.7 Å². The number of nitrogens with zero attached hydrogens (tertiary/aromatic N) is 6. The van der Waals surface area contributed by atoms with E-state index in [0.29, 0.717) is 45.9 Å². The molecular formula is C32H18Br2Cl2CuN8. The molecule has 0 aliphatic carbocycles. The second-order valence-corrected chi connectivity index (χ2v) is 27.3. The van der Waals surface area contributed by atoms with Crippen molar-refractivity contribution in [1.82, 2.24) is 39.9 Å². The SMILES string of the molecule is [Cl][Cu]([Cl])([Br])[Br].c1ccc2c(c1)-c1nc-2nc2[nH]c(nc3nc(nc4[nH]c(n1)c1ccccc41)-c1ccccc1-3)c1ccccc21. The first-order valence-corrected chi connectivity index (χ1v) is 20.7. The zero-order valence-corrected chi connectivity index (χ0v) is 28.4. The monoisotopic (exact) mass is 805 g/mol. The third-order valence-electron chi connectivity index (χ3n) is 7.46. The van der Waals surface area contributed by atoms with Crippen LogP contribution in [0.5, 0.6) is 0 Å². The predicted molar refractivity (Wildman–Crippen MR) is 186 cm³/mol. The van der Waals surface area contributed by atoms with Crippen LogP contribution in [0.15, 0.2) is 97.1 Å². The Morgan fingerprint density at radius 3 is 0.867 bits per heavy atom. The van der Waals surface area contributed by atoms with Gasteiger partial charge in [0.05, 0.1) is 0 Å². The van der Waals surface area contributed by atoms with E-state index < -0.39 is 7.41 Å². The Hall–Kier alpha value is -3.70. The third kappa shape index (κ3) is 5.43. The molecule has 2 aliphatic heterocycles. The number of hydrogen-bond acceptors (Lipinski definition) is 6. The number of aromatic nitrogens is 8. The van der Waals surface area contributed by atoms with Crippen molar-refractivity contribution in [2.75, 3.05) is 0 Å². The van der Waals surface area contributed by atoms with E-state index in [1.165, 1.54) is 0 Å². The van der Waals surface area contributed by atoms with Crippen molar-refractivity contribution in [3.05, 3.63) is 97.1 Å². The van der Waals surface area contributed by atoms with E-state index in [0.717, 1.165) is 43.8 Å². The number of H-pyrrole nitrogens is 2. The molecule has 8 bridgehead atoms. The van der Waals surface area contributed by atoms with Crippen LogP contribution in [0.3, 0.4) is 0 Å². The summed E-state index contributed by atoms with van der Waals surface area (Å²) in [5, 5.41) is 3.82. The number of rotatable bonds is 0. The molecule has 0 atom stereocenters. The van der Waals surface area contributed by atoms with Gasteiger partial charge in [-0.1, -0.05) is 97.1 Å². The summed E-state index contributed by atoms with van der Waals surface area (Å²) < 4.78 is 0. The number of aromatic amines is 2. The van der Waals surface area contributed by atoms with Crippen LogP contribution in [-0.2, 0) is 7.41 Å². The second kappa shape index (κ2) is 11.3. The fourth-order valence-electron chi connectivity index (χ4n) is 5.59. The molecule has 8 nitrogen and oxygen atoms in total. The van der Waals surface area contributed by atoms with Gasteiger partial charge in [0.2, 0.25) is 0 Å². The zero-order valence-electron chi connectivity index (χ0n) is 22.7. The number of hydrogen-bond donors (Lipinski definition) is 2. The summed E-state index contributed by atoms with van der Waals surface area (Å²) in [7, 11) is 8.86. The van der Waals surface area contributed by atoms with Crippen LogP contribution < -0.4 is 0 Å². The van der Waals surface area contributed by atoms with Crippen LogP contribution in [0, 0.1) is 0 Å². The van der Waals surface area contributed by atoms with E-state index in [1.807, 2.05) is 97.1 Å². The van der Waals surface area contributed by atoms with Gasteiger partial charge in [0, 0.05) is 43.8 Å². The molecule has 0 spiro atoms. The molecule has 45 heavy (non-hydrogen) atoms. The molecule has 225 valence electrons. The average molecular weight is 809 g/mol. The van der Waals surface area contributed by atoms with E-state index in [2.05, 4.69) is 38.2 Å². The van der Waals surface area contributed by atoms with Gasteiger partial charge in [-0.3, -0.25) is 0 Å². The van der Waals surface area contributed by atoms with Crippen molar-refractivity contribution in [1.29, 1.82) is 0 Å². The first-order valence-electron chi connectivity index (χ1n) is 13.4. The fraction of sp³-hybridized carbons (Fsp3) is 0. The van der Waals surface area contributed by atoms with Gasteiger partial charge in [0.1, 0.15) is 22.6 Å². The minimum atomic E-state index is -1.56. The Kier molecular flexibility index (Phi) is 7.20. The molecule has 0 unspecified atom stereocenters. The Bertz CT molecular complexity index is 2150. The molecule has 4 aromatic carbocycles. The average Bonchev–Trinajstić information content (AvgIpc) is 3.76. The standard InChI is InChI=1S/C32H18N8.2BrH.2ClH.Cu/c1-2-10-18-17(9-1)25-33-26(18)38-28-21-13-5-6-14-22(21)30(35-28)40-32-24-16-8-7-15-23(24)31(36-32)39-29-20-12-4-3-11-19(20)27(34-29)37-25;;;;;/h1-16H,(H2,33,34,35,36,37,38,39,40);4*1H;/q;;;;;+4/p-4. The Morgan fingerprint density at radius 1 is 0.400 bits per heavy atom. The molecule has 2 N–H and O–H groups in total. The second-order valence-electron chi connectivity index (χ2n) is 10.1. The summed E-state index contributed by atoms with van der Waals surface area (Å²) in [4.78, 5) is 36.8. The van der Waals surface area contributed by atoms with Crippen molar-refractivity contribution in [3.63, 3.8) is 0 Å². The van der Waals surface area contributed by atoms with Crippen LogP contribution in [0.4, 0.5) is 0 Å². The summed E-state index contributed by atoms with van der Waals surface area (Å²) in [6.07, 6.45) is 0. The quantitative estimate of drug-likeness (QED) is 0.148. The van der Waals surface area contributed by atoms with Gasteiger partial charge in [-0.05, 0) is 0 Å². The maximum atomic E-state index is 5.21. The molecular weight excluding hydrogens is 791 g/mol. The van der Waals surface area contributed by atoms with Crippen LogP contribution >= 0.6 is 48.4 Å². The molecule has 7 aromatic rings. The third-order valence-corrected chi connectivity index (χ3v) is 7.46. The number of fused-ring (bicyclic) bond motifs is 20. The largest absolute Gasteiger partial charge is 0.324 e. The molecule has 0 amide bonds. The van der Waals surface area contributed by atoms with Gasteiger partial charge in [0.15, 0.2) is 23.3 Å². The van der Waals surface area contributed by atoms with Crippen molar-refractivity contribution >= 4 is 92.6 Å². The first kappa shape index (κ1) is 28.8. The fourth-order valence-corrected chi connectivity index (χ4v) is 5.59. The van der Waals surface area contributed by atoms with E-state index in [9.17, 15) is 0 Å². The van der Waals surface area contributed by atoms with Crippen molar-refractivity contribution in [2.24, 2.45) is 0 Å². The van der Waals surface area contributed by atoms with Crippen molar-refractivity contribution < 1.29 is 7.41 Å². The van der Waals surface area contributed by atoms with Gasteiger partial charge >= 0.3 is 55.8 Å². The number of nitrogens with one attached hydrogen (secondary N) is 2. The molecule has 0 radical (unpaired) electrons. The molecule has 3 aromatic heterocycles. The van der Waals surface area contributed by atoms with Crippen LogP contribution in [0.1, 0.15) is 0 Å². The normalized spacial score (nSPS) is 12.4. The summed E-state index contributed by atoms with van der Waals surface area (Å²) in [6, 6.07) is 32.2. The molecule has 0 saturated carbocycles. The Labute approximate surface area is 280 Å². The minimum absolute atomic E-state index is 0.597. The topological polar surface area (TPSA) is 109 Å². The van der Waals surface area contributed by atoms with Crippen LogP contribution in [0.2, 0.25) is 0 Å². The molecule has 0 saturated heterocycles. The van der Waals surface area contributed by atoms with E-state index in [-0.39, 0.29) is 0 Å². The van der Waals surface area contributed by atoms with Gasteiger partial charge in [0.25, 0.3) is 0 Å². The summed E-state index contributed by atoms with van der Waals surface area (Å²) in [5.41, 5.74) is 6.45. The van der Waals surface area contributed by atoms with Crippen molar-refractivity contribution in [2.45, 2.75) is 0 Å². The van der Waals surface area contributed by atoms with Crippen molar-refractivity contribution in [3.8, 4) is 45.6 Å². The summed E-state index contributed by atoms with van der Waals surface area (Å²) in [6.45, 7) is 0. The first-order chi connectivity index (χ1) is 21.8. The maximum absolute atomic E-state index is 5.21. The summed E-state index contributed by atoms with van der Waals surface area (Å²) >= 11 is 5.80. The smallest absolute Gasteiger partial charge is 0.164 e. The maximum Gasteiger partial charge on any atom is 0.164 e. The molecule has 0 fully saturated rings. The van der Waals surface area contributed by atoms with E-state index in [1.54, 1.807) is 0 Å². The van der Waals surface area contributed by atoms with E-state index in [4.69, 9.17) is 50.1 Å². The Morgan fingerprint density at radius 2 is 0.622 bits per heavy atom. The molecule has 2 aliphatic rings. The molecule has 13 heteroatoms. The predicted octanol–water partition coefficient (Wildman–Crippen LogP) is 9.94. The minimum Gasteiger partial charge on any atom is -0.324 e. The van der Waals surface area contributed by atoms with Gasteiger partial charge in [-0.2, -0.15) is 0 Å². The van der Waals surface area contributed by atoms with Gasteiger partial charge < -0.3 is 9.97 Å². The number of benzene rings is 4. The zero-order chi connectivity index (χ0) is 30.7. The van der Waals surface area contributed by atoms with Crippen LogP contribution in [-0.4, -0.2) is 39.9 Å². The summed E-state index contributed by atoms with van der Waals surface area (Å²) in [5.74, 6) is 2.39. The van der Waals surface area contributed by atoms with Gasteiger partial charge in [-0.15, -0.1) is 0 Å².